The van der Waals surface area contributed by atoms with Gasteiger partial charge in [-0.05, 0) is 37.0 Å². The zero-order chi connectivity index (χ0) is 13.1. The van der Waals surface area contributed by atoms with Crippen LogP contribution in [0.4, 0.5) is 0 Å². The molecular weight excluding hydrogens is 212 g/mol. The van der Waals surface area contributed by atoms with Gasteiger partial charge < -0.3 is 10.6 Å². The van der Waals surface area contributed by atoms with Gasteiger partial charge in [0.15, 0.2) is 0 Å². The summed E-state index contributed by atoms with van der Waals surface area (Å²) in [5, 5.41) is 6.32. The Labute approximate surface area is 106 Å². The zero-order valence-electron chi connectivity index (χ0n) is 12.0. The van der Waals surface area contributed by atoms with Crippen LogP contribution in [0.1, 0.15) is 47.5 Å². The summed E-state index contributed by atoms with van der Waals surface area (Å²) in [4.78, 5) is 11.7. The van der Waals surface area contributed by atoms with Crippen LogP contribution in [0.15, 0.2) is 0 Å². The Balaban J connectivity index is 2.17. The van der Waals surface area contributed by atoms with E-state index in [-0.39, 0.29) is 11.9 Å². The smallest absolute Gasteiger partial charge is 0.234 e. The molecule has 1 aliphatic carbocycles. The van der Waals surface area contributed by atoms with Crippen molar-refractivity contribution in [1.29, 1.82) is 0 Å². The minimum Gasteiger partial charge on any atom is -0.352 e. The van der Waals surface area contributed by atoms with E-state index in [1.807, 2.05) is 0 Å². The third kappa shape index (κ3) is 4.30. The number of carbonyl (C=O) groups excluding carboxylic acids is 1. The van der Waals surface area contributed by atoms with E-state index >= 15 is 0 Å². The van der Waals surface area contributed by atoms with Gasteiger partial charge in [0, 0.05) is 12.6 Å². The predicted octanol–water partition coefficient (Wildman–Crippen LogP) is 2.17. The van der Waals surface area contributed by atoms with Gasteiger partial charge in [-0.3, -0.25) is 4.79 Å². The topological polar surface area (TPSA) is 41.1 Å². The summed E-state index contributed by atoms with van der Waals surface area (Å²) in [6, 6.07) is 0.254. The van der Waals surface area contributed by atoms with E-state index < -0.39 is 0 Å². The molecule has 0 aromatic carbocycles. The van der Waals surface area contributed by atoms with Gasteiger partial charge in [0.1, 0.15) is 0 Å². The lowest BCUT2D eigenvalue weighted by Gasteiger charge is -2.21. The van der Waals surface area contributed by atoms with Crippen molar-refractivity contribution < 1.29 is 4.79 Å². The maximum absolute atomic E-state index is 11.7. The maximum Gasteiger partial charge on any atom is 0.234 e. The normalized spacial score (nSPS) is 19.5. The molecule has 0 bridgehead atoms. The van der Waals surface area contributed by atoms with Crippen LogP contribution in [-0.2, 0) is 4.79 Å². The molecule has 1 amide bonds. The first-order valence-electron chi connectivity index (χ1n) is 6.87. The number of amides is 1. The van der Waals surface area contributed by atoms with Gasteiger partial charge in [0.25, 0.3) is 0 Å². The van der Waals surface area contributed by atoms with E-state index in [0.29, 0.717) is 23.8 Å². The third-order valence-corrected chi connectivity index (χ3v) is 4.27. The Bertz CT molecular complexity index is 257. The van der Waals surface area contributed by atoms with Crippen LogP contribution in [0.5, 0.6) is 0 Å². The highest BCUT2D eigenvalue weighted by Crippen LogP contribution is 2.51. The van der Waals surface area contributed by atoms with Crippen molar-refractivity contribution >= 4 is 5.91 Å². The lowest BCUT2D eigenvalue weighted by molar-refractivity contribution is -0.121. The highest BCUT2D eigenvalue weighted by Gasteiger charge is 2.44. The molecule has 0 saturated heterocycles. The van der Waals surface area contributed by atoms with Gasteiger partial charge in [-0.15, -0.1) is 0 Å². The maximum atomic E-state index is 11.7. The van der Waals surface area contributed by atoms with Gasteiger partial charge in [-0.1, -0.05) is 27.7 Å². The van der Waals surface area contributed by atoms with E-state index in [1.165, 1.54) is 12.8 Å². The van der Waals surface area contributed by atoms with Crippen molar-refractivity contribution in [2.24, 2.45) is 17.3 Å². The third-order valence-electron chi connectivity index (χ3n) is 4.27. The first kappa shape index (κ1) is 14.5. The van der Waals surface area contributed by atoms with Crippen molar-refractivity contribution in [3.8, 4) is 0 Å². The number of hydrogen-bond donors (Lipinski definition) is 2. The summed E-state index contributed by atoms with van der Waals surface area (Å²) < 4.78 is 0. The second-order valence-electron chi connectivity index (χ2n) is 6.22. The molecule has 3 nitrogen and oxygen atoms in total. The predicted molar refractivity (Wildman–Crippen MR) is 71.8 cm³/mol. The molecule has 1 rings (SSSR count). The fraction of sp³-hybridized carbons (Fsp3) is 0.929. The van der Waals surface area contributed by atoms with Crippen LogP contribution < -0.4 is 10.6 Å². The van der Waals surface area contributed by atoms with Gasteiger partial charge in [0.05, 0.1) is 6.54 Å². The number of rotatable bonds is 7. The Morgan fingerprint density at radius 2 is 1.76 bits per heavy atom. The van der Waals surface area contributed by atoms with Crippen molar-refractivity contribution in [1.82, 2.24) is 10.6 Å². The highest BCUT2D eigenvalue weighted by molar-refractivity contribution is 5.78. The standard InChI is InChI=1S/C14H28N2O/c1-10(2)12(5)16-13(17)8-15-9-14(6-7-14)11(3)4/h10-12,15H,6-9H2,1-5H3,(H,16,17). The largest absolute Gasteiger partial charge is 0.352 e. The monoisotopic (exact) mass is 240 g/mol. The fourth-order valence-electron chi connectivity index (χ4n) is 2.02. The van der Waals surface area contributed by atoms with Crippen LogP contribution in [0, 0.1) is 17.3 Å². The summed E-state index contributed by atoms with van der Waals surface area (Å²) >= 11 is 0. The second kappa shape index (κ2) is 5.85. The quantitative estimate of drug-likeness (QED) is 0.716. The van der Waals surface area contributed by atoms with Crippen molar-refractivity contribution in [2.45, 2.75) is 53.5 Å². The Morgan fingerprint density at radius 3 is 2.18 bits per heavy atom. The lowest BCUT2D eigenvalue weighted by atomic mass is 9.92. The molecule has 0 radical (unpaired) electrons. The molecule has 1 unspecified atom stereocenters. The number of nitrogens with one attached hydrogen (secondary N) is 2. The van der Waals surface area contributed by atoms with E-state index in [9.17, 15) is 4.79 Å². The van der Waals surface area contributed by atoms with E-state index in [2.05, 4.69) is 45.3 Å². The first-order valence-corrected chi connectivity index (χ1v) is 6.87. The van der Waals surface area contributed by atoms with E-state index in [4.69, 9.17) is 0 Å². The summed E-state index contributed by atoms with van der Waals surface area (Å²) in [5.74, 6) is 1.32. The minimum atomic E-state index is 0.116. The summed E-state index contributed by atoms with van der Waals surface area (Å²) in [6.45, 7) is 12.3. The van der Waals surface area contributed by atoms with Crippen LogP contribution in [0.25, 0.3) is 0 Å². The highest BCUT2D eigenvalue weighted by atomic mass is 16.1. The van der Waals surface area contributed by atoms with Crippen LogP contribution in [-0.4, -0.2) is 25.0 Å². The van der Waals surface area contributed by atoms with Crippen LogP contribution in [0.3, 0.4) is 0 Å². The molecule has 3 heteroatoms. The number of carbonyl (C=O) groups is 1. The molecule has 0 spiro atoms. The summed E-state index contributed by atoms with van der Waals surface area (Å²) in [5.41, 5.74) is 0.476. The zero-order valence-corrected chi connectivity index (χ0v) is 12.0. The van der Waals surface area contributed by atoms with Gasteiger partial charge in [-0.2, -0.15) is 0 Å². The average molecular weight is 240 g/mol. The molecule has 0 aromatic rings. The summed E-state index contributed by atoms with van der Waals surface area (Å²) in [6.07, 6.45) is 2.61. The van der Waals surface area contributed by atoms with Crippen molar-refractivity contribution in [3.05, 3.63) is 0 Å². The molecule has 1 atom stereocenters. The minimum absolute atomic E-state index is 0.116. The first-order chi connectivity index (χ1) is 7.87. The molecule has 1 aliphatic rings. The molecule has 100 valence electrons. The van der Waals surface area contributed by atoms with Crippen LogP contribution in [0.2, 0.25) is 0 Å². The average Bonchev–Trinajstić information content (AvgIpc) is 2.98. The summed E-state index contributed by atoms with van der Waals surface area (Å²) in [7, 11) is 0. The Morgan fingerprint density at radius 1 is 1.18 bits per heavy atom. The molecule has 0 aliphatic heterocycles. The van der Waals surface area contributed by atoms with Gasteiger partial charge in [0.2, 0.25) is 5.91 Å². The molecular formula is C14H28N2O. The fourth-order valence-corrected chi connectivity index (χ4v) is 2.02. The van der Waals surface area contributed by atoms with Crippen molar-refractivity contribution in [2.75, 3.05) is 13.1 Å². The van der Waals surface area contributed by atoms with Gasteiger partial charge in [-0.25, -0.2) is 0 Å². The number of hydrogen-bond acceptors (Lipinski definition) is 2. The van der Waals surface area contributed by atoms with E-state index in [1.54, 1.807) is 0 Å². The van der Waals surface area contributed by atoms with Gasteiger partial charge >= 0.3 is 0 Å². The Hall–Kier alpha value is -0.570. The molecule has 0 heterocycles. The van der Waals surface area contributed by atoms with E-state index in [0.717, 1.165) is 6.54 Å². The Kier molecular flexibility index (Phi) is 4.99. The molecule has 1 saturated carbocycles. The molecule has 2 N–H and O–H groups in total. The SMILES string of the molecule is CC(C)C(C)NC(=O)CNCC1(C(C)C)CC1. The molecule has 17 heavy (non-hydrogen) atoms. The molecule has 0 aromatic heterocycles. The lowest BCUT2D eigenvalue weighted by Crippen LogP contribution is -2.42. The molecule has 1 fully saturated rings. The van der Waals surface area contributed by atoms with Crippen molar-refractivity contribution in [3.63, 3.8) is 0 Å². The second-order valence-corrected chi connectivity index (χ2v) is 6.22. The van der Waals surface area contributed by atoms with Crippen LogP contribution >= 0.6 is 0 Å².